The van der Waals surface area contributed by atoms with Gasteiger partial charge in [-0.1, -0.05) is 127 Å². The molecule has 0 spiro atoms. The summed E-state index contributed by atoms with van der Waals surface area (Å²) in [6, 6.07) is 51.5. The molecule has 0 atom stereocenters. The van der Waals surface area contributed by atoms with Gasteiger partial charge in [0, 0.05) is 27.2 Å². The van der Waals surface area contributed by atoms with Crippen LogP contribution in [0.2, 0.25) is 0 Å². The molecule has 0 aliphatic rings. The molecule has 44 heavy (non-hydrogen) atoms. The standard InChI is InChI=1S/C41H31N3/c42-39(25-12-7-14-29-15-13-18-31(28-29)30-16-3-1-4-17-30)44-36-23-10-8-21-33(36)34-26-27-38-40(41(34)44)35-22-9-11-24-37(35)43(38)32-19-5-2-6-20-32/h1-13,15-28H,14,42H2/b12-7-,39-25+. The Morgan fingerprint density at radius 2 is 1.25 bits per heavy atom. The van der Waals surface area contributed by atoms with Gasteiger partial charge >= 0.3 is 0 Å². The molecule has 0 saturated carbocycles. The number of rotatable bonds is 6. The normalized spacial score (nSPS) is 12.3. The van der Waals surface area contributed by atoms with Crippen LogP contribution in [0.5, 0.6) is 0 Å². The summed E-state index contributed by atoms with van der Waals surface area (Å²) in [6.45, 7) is 0. The van der Waals surface area contributed by atoms with Crippen molar-refractivity contribution in [3.63, 3.8) is 0 Å². The van der Waals surface area contributed by atoms with Gasteiger partial charge in [-0.05, 0) is 59.5 Å². The average Bonchev–Trinajstić information content (AvgIpc) is 3.60. The largest absolute Gasteiger partial charge is 0.385 e. The van der Waals surface area contributed by atoms with Gasteiger partial charge in [0.2, 0.25) is 0 Å². The van der Waals surface area contributed by atoms with Gasteiger partial charge in [0.15, 0.2) is 0 Å². The second-order valence-corrected chi connectivity index (χ2v) is 11.2. The van der Waals surface area contributed by atoms with Crippen LogP contribution < -0.4 is 5.73 Å². The van der Waals surface area contributed by atoms with Crippen molar-refractivity contribution in [2.24, 2.45) is 5.73 Å². The molecule has 0 amide bonds. The Kier molecular flexibility index (Phi) is 6.35. The van der Waals surface area contributed by atoms with Gasteiger partial charge in [-0.25, -0.2) is 0 Å². The highest BCUT2D eigenvalue weighted by Crippen LogP contribution is 2.41. The fourth-order valence-corrected chi connectivity index (χ4v) is 6.59. The summed E-state index contributed by atoms with van der Waals surface area (Å²) in [5.41, 5.74) is 16.4. The highest BCUT2D eigenvalue weighted by Gasteiger charge is 2.20. The first-order valence-electron chi connectivity index (χ1n) is 15.1. The zero-order valence-electron chi connectivity index (χ0n) is 24.3. The number of nitrogens with two attached hydrogens (primary N) is 1. The van der Waals surface area contributed by atoms with E-state index < -0.39 is 0 Å². The van der Waals surface area contributed by atoms with Crippen molar-refractivity contribution in [3.8, 4) is 16.8 Å². The second kappa shape index (κ2) is 10.8. The molecule has 0 saturated heterocycles. The van der Waals surface area contributed by atoms with Crippen LogP contribution >= 0.6 is 0 Å². The van der Waals surface area contributed by atoms with E-state index in [0.717, 1.165) is 28.7 Å². The molecule has 0 aliphatic carbocycles. The molecule has 3 nitrogen and oxygen atoms in total. The molecular weight excluding hydrogens is 534 g/mol. The van der Waals surface area contributed by atoms with Gasteiger partial charge in [-0.2, -0.15) is 0 Å². The number of benzene rings is 6. The SMILES string of the molecule is N/C(=C\C=C/Cc1cccc(-c2ccccc2)c1)n1c2ccccc2c2ccc3c(c4ccccc4n3-c3ccccc3)c21. The number of hydrogen-bond acceptors (Lipinski definition) is 1. The topological polar surface area (TPSA) is 35.9 Å². The highest BCUT2D eigenvalue weighted by atomic mass is 15.1. The van der Waals surface area contributed by atoms with Crippen LogP contribution in [0.25, 0.3) is 66.2 Å². The summed E-state index contributed by atoms with van der Waals surface area (Å²) in [6.07, 6.45) is 7.12. The first kappa shape index (κ1) is 25.9. The van der Waals surface area contributed by atoms with E-state index in [0.29, 0.717) is 5.82 Å². The maximum absolute atomic E-state index is 6.97. The molecule has 0 fully saturated rings. The molecule has 0 bridgehead atoms. The third-order valence-electron chi connectivity index (χ3n) is 8.53. The van der Waals surface area contributed by atoms with Gasteiger partial charge in [0.05, 0.1) is 22.1 Å². The maximum Gasteiger partial charge on any atom is 0.108 e. The molecule has 2 heterocycles. The minimum Gasteiger partial charge on any atom is -0.385 e. The van der Waals surface area contributed by atoms with E-state index in [1.807, 2.05) is 6.08 Å². The first-order chi connectivity index (χ1) is 21.8. The van der Waals surface area contributed by atoms with Crippen LogP contribution in [-0.2, 0) is 6.42 Å². The Balaban J connectivity index is 1.26. The van der Waals surface area contributed by atoms with E-state index in [-0.39, 0.29) is 0 Å². The van der Waals surface area contributed by atoms with E-state index in [9.17, 15) is 0 Å². The van der Waals surface area contributed by atoms with Crippen LogP contribution in [0.3, 0.4) is 0 Å². The molecule has 3 heteroatoms. The van der Waals surface area contributed by atoms with E-state index in [2.05, 4.69) is 167 Å². The van der Waals surface area contributed by atoms with Crippen molar-refractivity contribution < 1.29 is 0 Å². The lowest BCUT2D eigenvalue weighted by molar-refractivity contribution is 1.17. The van der Waals surface area contributed by atoms with Crippen molar-refractivity contribution >= 4 is 49.4 Å². The third kappa shape index (κ3) is 4.29. The van der Waals surface area contributed by atoms with Crippen LogP contribution in [0.1, 0.15) is 5.56 Å². The van der Waals surface area contributed by atoms with Crippen molar-refractivity contribution in [1.29, 1.82) is 0 Å². The molecular formula is C41H31N3. The van der Waals surface area contributed by atoms with Crippen molar-refractivity contribution in [2.45, 2.75) is 6.42 Å². The second-order valence-electron chi connectivity index (χ2n) is 11.2. The summed E-state index contributed by atoms with van der Waals surface area (Å²) in [4.78, 5) is 0. The predicted octanol–water partition coefficient (Wildman–Crippen LogP) is 10.1. The van der Waals surface area contributed by atoms with E-state index in [1.165, 1.54) is 43.8 Å². The summed E-state index contributed by atoms with van der Waals surface area (Å²) in [5, 5.41) is 4.81. The smallest absolute Gasteiger partial charge is 0.108 e. The Morgan fingerprint density at radius 3 is 2.07 bits per heavy atom. The summed E-state index contributed by atoms with van der Waals surface area (Å²) >= 11 is 0. The molecule has 8 aromatic rings. The van der Waals surface area contributed by atoms with Gasteiger partial charge in [-0.3, -0.25) is 4.57 Å². The van der Waals surface area contributed by atoms with Crippen molar-refractivity contribution in [1.82, 2.24) is 9.13 Å². The van der Waals surface area contributed by atoms with Crippen molar-refractivity contribution in [3.05, 3.63) is 169 Å². The van der Waals surface area contributed by atoms with Crippen LogP contribution in [0.15, 0.2) is 164 Å². The van der Waals surface area contributed by atoms with Crippen LogP contribution in [0.4, 0.5) is 0 Å². The van der Waals surface area contributed by atoms with Gasteiger partial charge in [0.1, 0.15) is 5.82 Å². The Morgan fingerprint density at radius 1 is 0.568 bits per heavy atom. The summed E-state index contributed by atoms with van der Waals surface area (Å²) in [7, 11) is 0. The van der Waals surface area contributed by atoms with E-state index >= 15 is 0 Å². The molecule has 6 aromatic carbocycles. The Hall–Kier alpha value is -5.80. The highest BCUT2D eigenvalue weighted by molar-refractivity contribution is 6.26. The average molecular weight is 566 g/mol. The van der Waals surface area contributed by atoms with Crippen molar-refractivity contribution in [2.75, 3.05) is 0 Å². The van der Waals surface area contributed by atoms with Gasteiger partial charge < -0.3 is 10.3 Å². The van der Waals surface area contributed by atoms with E-state index in [1.54, 1.807) is 0 Å². The number of hydrogen-bond donors (Lipinski definition) is 1. The molecule has 210 valence electrons. The molecule has 8 rings (SSSR count). The number of allylic oxidation sites excluding steroid dienone is 3. The van der Waals surface area contributed by atoms with Crippen LogP contribution in [-0.4, -0.2) is 9.13 Å². The lowest BCUT2D eigenvalue weighted by Crippen LogP contribution is -2.05. The minimum absolute atomic E-state index is 0.689. The number of nitrogens with zero attached hydrogens (tertiary/aromatic N) is 2. The first-order valence-corrected chi connectivity index (χ1v) is 15.1. The zero-order chi connectivity index (χ0) is 29.5. The molecule has 2 N–H and O–H groups in total. The molecule has 0 radical (unpaired) electrons. The molecule has 2 aromatic heterocycles. The van der Waals surface area contributed by atoms with Crippen LogP contribution in [0, 0.1) is 0 Å². The zero-order valence-corrected chi connectivity index (χ0v) is 24.3. The maximum atomic E-state index is 6.97. The number of aromatic nitrogens is 2. The lowest BCUT2D eigenvalue weighted by Gasteiger charge is -2.09. The predicted molar refractivity (Wildman–Crippen MR) is 187 cm³/mol. The Bertz CT molecular complexity index is 2350. The quantitative estimate of drug-likeness (QED) is 0.200. The molecule has 0 unspecified atom stereocenters. The summed E-state index contributed by atoms with van der Waals surface area (Å²) < 4.78 is 4.59. The van der Waals surface area contributed by atoms with Gasteiger partial charge in [0.25, 0.3) is 0 Å². The van der Waals surface area contributed by atoms with E-state index in [4.69, 9.17) is 5.73 Å². The molecule has 0 aliphatic heterocycles. The lowest BCUT2D eigenvalue weighted by atomic mass is 10.0. The third-order valence-corrected chi connectivity index (χ3v) is 8.53. The fourth-order valence-electron chi connectivity index (χ4n) is 6.59. The Labute approximate surface area is 256 Å². The number of fused-ring (bicyclic) bond motifs is 7. The fraction of sp³-hybridized carbons (Fsp3) is 0.0244. The van der Waals surface area contributed by atoms with Gasteiger partial charge in [-0.15, -0.1) is 0 Å². The number of para-hydroxylation sites is 3. The summed E-state index contributed by atoms with van der Waals surface area (Å²) in [5.74, 6) is 0.689. The minimum atomic E-state index is 0.689. The monoisotopic (exact) mass is 565 g/mol.